The molecule has 0 aliphatic heterocycles. The summed E-state index contributed by atoms with van der Waals surface area (Å²) in [6.07, 6.45) is 0. The quantitative estimate of drug-likeness (QED) is 0.250. The number of ketones is 1. The Morgan fingerprint density at radius 1 is 0.846 bits per heavy atom. The fraction of sp³-hybridized carbons (Fsp3) is 0.0625. The summed E-state index contributed by atoms with van der Waals surface area (Å²) >= 11 is 1.28. The highest BCUT2D eigenvalue weighted by molar-refractivity contribution is 7.99. The van der Waals surface area contributed by atoms with Gasteiger partial charge in [-0.2, -0.15) is 5.26 Å². The Balaban J connectivity index is 1.49. The number of carbonyl (C=O) groups is 2. The van der Waals surface area contributed by atoms with Crippen molar-refractivity contribution in [3.05, 3.63) is 129 Å². The van der Waals surface area contributed by atoms with Crippen LogP contribution in [0.3, 0.4) is 0 Å². The number of esters is 1. The molecule has 1 aliphatic rings. The minimum atomic E-state index is -0.470. The SMILES string of the molecule is Cn1c(=O)c(C#N)c2c3c(c(Sc4ccccc4C(=O)OCc4ccccc4)ccc31)C(=O)c1ccccc1-2. The third-order valence-corrected chi connectivity index (χ3v) is 7.98. The van der Waals surface area contributed by atoms with E-state index in [1.807, 2.05) is 42.5 Å². The maximum Gasteiger partial charge on any atom is 0.339 e. The molecule has 0 saturated heterocycles. The maximum absolute atomic E-state index is 13.9. The zero-order valence-electron chi connectivity index (χ0n) is 20.8. The van der Waals surface area contributed by atoms with Gasteiger partial charge in [0.2, 0.25) is 0 Å². The number of rotatable bonds is 5. The minimum absolute atomic E-state index is 0.00163. The summed E-state index contributed by atoms with van der Waals surface area (Å²) in [5.74, 6) is -0.666. The van der Waals surface area contributed by atoms with E-state index in [-0.39, 0.29) is 18.0 Å². The number of pyridine rings is 1. The molecule has 4 aromatic carbocycles. The number of nitriles is 1. The van der Waals surface area contributed by atoms with Crippen molar-refractivity contribution >= 4 is 34.4 Å². The summed E-state index contributed by atoms with van der Waals surface area (Å²) in [4.78, 5) is 41.3. The van der Waals surface area contributed by atoms with Crippen LogP contribution in [0.2, 0.25) is 0 Å². The first-order valence-electron chi connectivity index (χ1n) is 12.2. The van der Waals surface area contributed by atoms with E-state index in [0.29, 0.717) is 48.5 Å². The number of carbonyl (C=O) groups excluding carboxylic acids is 2. The van der Waals surface area contributed by atoms with E-state index in [1.165, 1.54) is 16.3 Å². The Kier molecular flexibility index (Phi) is 6.10. The lowest BCUT2D eigenvalue weighted by atomic mass is 9.82. The van der Waals surface area contributed by atoms with Crippen LogP contribution in [-0.4, -0.2) is 16.3 Å². The van der Waals surface area contributed by atoms with Gasteiger partial charge in [-0.3, -0.25) is 9.59 Å². The van der Waals surface area contributed by atoms with Crippen molar-refractivity contribution in [2.45, 2.75) is 16.4 Å². The number of benzene rings is 4. The molecule has 0 fully saturated rings. The Morgan fingerprint density at radius 2 is 1.54 bits per heavy atom. The van der Waals surface area contributed by atoms with Crippen molar-refractivity contribution in [1.29, 1.82) is 5.26 Å². The van der Waals surface area contributed by atoms with Gasteiger partial charge in [0.05, 0.1) is 11.1 Å². The molecule has 0 saturated carbocycles. The predicted octanol–water partition coefficient (Wildman–Crippen LogP) is 6.13. The van der Waals surface area contributed by atoms with Crippen LogP contribution in [0.25, 0.3) is 22.0 Å². The highest BCUT2D eigenvalue weighted by Gasteiger charge is 2.32. The van der Waals surface area contributed by atoms with Gasteiger partial charge in [-0.1, -0.05) is 78.5 Å². The lowest BCUT2D eigenvalue weighted by Crippen LogP contribution is -2.24. The summed E-state index contributed by atoms with van der Waals surface area (Å²) in [5.41, 5.74) is 3.29. The second-order valence-corrected chi connectivity index (χ2v) is 10.2. The fourth-order valence-electron chi connectivity index (χ4n) is 4.98. The van der Waals surface area contributed by atoms with E-state index < -0.39 is 11.5 Å². The van der Waals surface area contributed by atoms with Gasteiger partial charge < -0.3 is 9.30 Å². The monoisotopic (exact) mass is 528 g/mol. The molecule has 0 spiro atoms. The van der Waals surface area contributed by atoms with E-state index in [1.54, 1.807) is 55.6 Å². The number of fused-ring (bicyclic) bond motifs is 2. The summed E-state index contributed by atoms with van der Waals surface area (Å²) in [5, 5.41) is 10.5. The van der Waals surface area contributed by atoms with Crippen LogP contribution >= 0.6 is 11.8 Å². The van der Waals surface area contributed by atoms with Gasteiger partial charge in [-0.25, -0.2) is 4.79 Å². The van der Waals surface area contributed by atoms with Crippen molar-refractivity contribution in [3.63, 3.8) is 0 Å². The van der Waals surface area contributed by atoms with Crippen molar-refractivity contribution in [3.8, 4) is 17.2 Å². The molecule has 188 valence electrons. The van der Waals surface area contributed by atoms with E-state index >= 15 is 0 Å². The van der Waals surface area contributed by atoms with Gasteiger partial charge in [-0.05, 0) is 35.4 Å². The summed E-state index contributed by atoms with van der Waals surface area (Å²) < 4.78 is 6.99. The minimum Gasteiger partial charge on any atom is -0.457 e. The summed E-state index contributed by atoms with van der Waals surface area (Å²) in [7, 11) is 1.60. The first-order chi connectivity index (χ1) is 19.0. The van der Waals surface area contributed by atoms with E-state index in [4.69, 9.17) is 4.74 Å². The number of nitrogens with zero attached hydrogens (tertiary/aromatic N) is 2. The Hall–Kier alpha value is -4.93. The molecule has 0 bridgehead atoms. The number of aryl methyl sites for hydroxylation is 1. The lowest BCUT2D eigenvalue weighted by molar-refractivity contribution is 0.0468. The summed E-state index contributed by atoms with van der Waals surface area (Å²) in [6.45, 7) is 0.142. The second kappa shape index (κ2) is 9.75. The molecule has 6 nitrogen and oxygen atoms in total. The molecule has 0 amide bonds. The Labute approximate surface area is 228 Å². The number of aromatic nitrogens is 1. The first-order valence-corrected chi connectivity index (χ1v) is 13.0. The van der Waals surface area contributed by atoms with Gasteiger partial charge in [0, 0.05) is 38.9 Å². The normalized spacial score (nSPS) is 11.6. The highest BCUT2D eigenvalue weighted by Crippen LogP contribution is 2.45. The second-order valence-electron chi connectivity index (χ2n) is 9.09. The topological polar surface area (TPSA) is 89.2 Å². The van der Waals surface area contributed by atoms with Crippen LogP contribution in [0.4, 0.5) is 0 Å². The molecule has 1 aliphatic carbocycles. The van der Waals surface area contributed by atoms with E-state index in [0.717, 1.165) is 5.56 Å². The van der Waals surface area contributed by atoms with Gasteiger partial charge in [0.25, 0.3) is 5.56 Å². The van der Waals surface area contributed by atoms with Crippen LogP contribution in [0.15, 0.2) is 106 Å². The maximum atomic E-state index is 13.9. The number of ether oxygens (including phenoxy) is 1. The molecule has 0 N–H and O–H groups in total. The molecular formula is C32H20N2O4S. The average molecular weight is 529 g/mol. The molecule has 0 unspecified atom stereocenters. The fourth-order valence-corrected chi connectivity index (χ4v) is 6.05. The Morgan fingerprint density at radius 3 is 2.31 bits per heavy atom. The third kappa shape index (κ3) is 4.02. The van der Waals surface area contributed by atoms with Gasteiger partial charge in [0.15, 0.2) is 5.78 Å². The molecule has 0 atom stereocenters. The van der Waals surface area contributed by atoms with Crippen LogP contribution in [-0.2, 0) is 18.4 Å². The van der Waals surface area contributed by atoms with Gasteiger partial charge in [0.1, 0.15) is 18.2 Å². The predicted molar refractivity (Wildman–Crippen MR) is 149 cm³/mol. The van der Waals surface area contributed by atoms with Crippen LogP contribution in [0, 0.1) is 11.3 Å². The van der Waals surface area contributed by atoms with Crippen LogP contribution < -0.4 is 5.56 Å². The molecule has 5 aromatic rings. The zero-order chi connectivity index (χ0) is 27.1. The number of hydrogen-bond donors (Lipinski definition) is 0. The molecule has 39 heavy (non-hydrogen) atoms. The molecule has 7 heteroatoms. The molecule has 1 aromatic heterocycles. The highest BCUT2D eigenvalue weighted by atomic mass is 32.2. The van der Waals surface area contributed by atoms with E-state index in [9.17, 15) is 19.6 Å². The lowest BCUT2D eigenvalue weighted by Gasteiger charge is -2.24. The van der Waals surface area contributed by atoms with Crippen molar-refractivity contribution in [2.75, 3.05) is 0 Å². The van der Waals surface area contributed by atoms with Crippen LogP contribution in [0.1, 0.15) is 37.4 Å². The summed E-state index contributed by atoms with van der Waals surface area (Å²) in [6, 6.07) is 29.2. The third-order valence-electron chi connectivity index (χ3n) is 6.84. The van der Waals surface area contributed by atoms with E-state index in [2.05, 4.69) is 6.07 Å². The number of hydrogen-bond acceptors (Lipinski definition) is 6. The average Bonchev–Trinajstić information content (AvgIpc) is 2.97. The Bertz CT molecular complexity index is 1920. The first kappa shape index (κ1) is 24.4. The molecule has 6 rings (SSSR count). The molecular weight excluding hydrogens is 508 g/mol. The van der Waals surface area contributed by atoms with Crippen molar-refractivity contribution in [1.82, 2.24) is 4.57 Å². The standard InChI is InChI=1S/C32H20N2O4S/c1-34-24-15-16-26(39-25-14-8-7-13-22(25)32(37)38-18-19-9-3-2-4-10-19)29-28(24)27(23(17-33)31(34)36)20-11-5-6-12-21(20)30(29)35/h2-16H,18H2,1H3. The zero-order valence-corrected chi connectivity index (χ0v) is 21.6. The van der Waals surface area contributed by atoms with Crippen LogP contribution in [0.5, 0.6) is 0 Å². The smallest absolute Gasteiger partial charge is 0.339 e. The molecule has 0 radical (unpaired) electrons. The van der Waals surface area contributed by atoms with Crippen molar-refractivity contribution < 1.29 is 14.3 Å². The van der Waals surface area contributed by atoms with Gasteiger partial charge in [-0.15, -0.1) is 0 Å². The van der Waals surface area contributed by atoms with Crippen molar-refractivity contribution in [2.24, 2.45) is 7.05 Å². The molecule has 1 heterocycles. The largest absolute Gasteiger partial charge is 0.457 e. The van der Waals surface area contributed by atoms with Gasteiger partial charge >= 0.3 is 5.97 Å².